The Morgan fingerprint density at radius 2 is 1.70 bits per heavy atom. The average Bonchev–Trinajstić information content (AvgIpc) is 3.42. The Bertz CT molecular complexity index is 1400. The van der Waals surface area contributed by atoms with E-state index in [-0.39, 0.29) is 0 Å². The summed E-state index contributed by atoms with van der Waals surface area (Å²) >= 11 is 0. The topological polar surface area (TPSA) is 77.0 Å². The van der Waals surface area contributed by atoms with E-state index in [1.807, 2.05) is 30.3 Å². The lowest BCUT2D eigenvalue weighted by Crippen LogP contribution is -2.35. The summed E-state index contributed by atoms with van der Waals surface area (Å²) in [6.45, 7) is 0. The molecule has 0 radical (unpaired) electrons. The van der Waals surface area contributed by atoms with Gasteiger partial charge in [0.05, 0.1) is 17.4 Å². The van der Waals surface area contributed by atoms with Gasteiger partial charge in [-0.1, -0.05) is 24.3 Å². The first-order valence-electron chi connectivity index (χ1n) is 8.77. The molecule has 0 saturated heterocycles. The highest BCUT2D eigenvalue weighted by Crippen LogP contribution is 2.25. The van der Waals surface area contributed by atoms with E-state index in [9.17, 15) is 0 Å². The number of aromatic nitrogens is 6. The molecule has 3 aromatic heterocycles. The number of imidazole rings is 1. The van der Waals surface area contributed by atoms with Crippen molar-refractivity contribution >= 4 is 33.0 Å². The Labute approximate surface area is 153 Å². The third kappa shape index (κ3) is 2.23. The third-order valence-corrected chi connectivity index (χ3v) is 4.92. The van der Waals surface area contributed by atoms with Gasteiger partial charge in [-0.15, -0.1) is 5.10 Å². The zero-order chi connectivity index (χ0) is 17.8. The van der Waals surface area contributed by atoms with Crippen LogP contribution in [0.15, 0.2) is 73.1 Å². The number of benzene rings is 3. The molecular formula is C21H15N6+. The van der Waals surface area contributed by atoms with Gasteiger partial charge in [-0.05, 0) is 30.3 Å². The van der Waals surface area contributed by atoms with E-state index < -0.39 is 0 Å². The smallest absolute Gasteiger partial charge is 0.268 e. The number of H-pyrrole nitrogens is 3. The maximum absolute atomic E-state index is 4.67. The van der Waals surface area contributed by atoms with Crippen LogP contribution in [0.25, 0.3) is 49.9 Å². The monoisotopic (exact) mass is 351 g/mol. The van der Waals surface area contributed by atoms with Crippen molar-refractivity contribution in [3.8, 4) is 16.9 Å². The Morgan fingerprint density at radius 1 is 0.778 bits per heavy atom. The van der Waals surface area contributed by atoms with Crippen LogP contribution in [-0.2, 0) is 0 Å². The van der Waals surface area contributed by atoms with Gasteiger partial charge in [0.2, 0.25) is 0 Å². The molecule has 0 atom stereocenters. The van der Waals surface area contributed by atoms with Gasteiger partial charge in [-0.25, -0.2) is 4.98 Å². The van der Waals surface area contributed by atoms with Crippen LogP contribution in [0.1, 0.15) is 0 Å². The van der Waals surface area contributed by atoms with Crippen molar-refractivity contribution in [2.45, 2.75) is 0 Å². The van der Waals surface area contributed by atoms with Crippen LogP contribution >= 0.6 is 0 Å². The van der Waals surface area contributed by atoms with Crippen LogP contribution in [-0.4, -0.2) is 25.1 Å². The molecule has 0 fully saturated rings. The van der Waals surface area contributed by atoms with E-state index in [4.69, 9.17) is 0 Å². The molecule has 27 heavy (non-hydrogen) atoms. The molecule has 128 valence electrons. The summed E-state index contributed by atoms with van der Waals surface area (Å²) in [6.07, 6.45) is 1.70. The van der Waals surface area contributed by atoms with Gasteiger partial charge in [0.25, 0.3) is 5.69 Å². The molecule has 0 amide bonds. The van der Waals surface area contributed by atoms with Crippen LogP contribution in [0, 0.1) is 0 Å². The van der Waals surface area contributed by atoms with E-state index in [0.29, 0.717) is 0 Å². The highest BCUT2D eigenvalue weighted by molar-refractivity contribution is 5.88. The summed E-state index contributed by atoms with van der Waals surface area (Å²) < 4.78 is 0. The summed E-state index contributed by atoms with van der Waals surface area (Å²) in [5, 5.41) is 9.25. The Balaban J connectivity index is 1.46. The predicted octanol–water partition coefficient (Wildman–Crippen LogP) is 3.86. The molecule has 0 saturated carbocycles. The number of rotatable bonds is 2. The van der Waals surface area contributed by atoms with E-state index in [1.165, 1.54) is 5.39 Å². The second kappa shape index (κ2) is 5.28. The van der Waals surface area contributed by atoms with Crippen molar-refractivity contribution in [1.82, 2.24) is 25.1 Å². The maximum Gasteiger partial charge on any atom is 0.268 e. The van der Waals surface area contributed by atoms with Gasteiger partial charge in [0, 0.05) is 44.2 Å². The van der Waals surface area contributed by atoms with E-state index in [2.05, 4.69) is 61.5 Å². The summed E-state index contributed by atoms with van der Waals surface area (Å²) in [6, 6.07) is 22.7. The van der Waals surface area contributed by atoms with Gasteiger partial charge in [-0.3, -0.25) is 0 Å². The van der Waals surface area contributed by atoms with Crippen molar-refractivity contribution in [2.24, 2.45) is 0 Å². The molecule has 0 aliphatic rings. The number of hydrogen-bond acceptors (Lipinski definition) is 2. The third-order valence-electron chi connectivity index (χ3n) is 4.92. The summed E-state index contributed by atoms with van der Waals surface area (Å²) in [7, 11) is 0. The van der Waals surface area contributed by atoms with Crippen LogP contribution in [0.4, 0.5) is 0 Å². The fourth-order valence-corrected chi connectivity index (χ4v) is 3.53. The number of aromatic amines is 3. The molecule has 0 aliphatic carbocycles. The zero-order valence-electron chi connectivity index (χ0n) is 14.3. The molecule has 3 heterocycles. The molecule has 6 heteroatoms. The average molecular weight is 351 g/mol. The van der Waals surface area contributed by atoms with Gasteiger partial charge in [0.1, 0.15) is 5.52 Å². The Hall–Kier alpha value is -3.93. The maximum atomic E-state index is 4.67. The van der Waals surface area contributed by atoms with Crippen molar-refractivity contribution in [2.75, 3.05) is 0 Å². The summed E-state index contributed by atoms with van der Waals surface area (Å²) in [5.74, 6) is 0. The molecule has 0 spiro atoms. The molecule has 6 nitrogen and oxygen atoms in total. The predicted molar refractivity (Wildman–Crippen MR) is 105 cm³/mol. The number of nitrogens with one attached hydrogen (secondary N) is 3. The second-order valence-electron chi connectivity index (χ2n) is 6.63. The summed E-state index contributed by atoms with van der Waals surface area (Å²) in [5.41, 5.74) is 8.14. The van der Waals surface area contributed by atoms with Crippen LogP contribution < -0.4 is 4.80 Å². The quantitative estimate of drug-likeness (QED) is 0.414. The number of fused-ring (bicyclic) bond motifs is 3. The van der Waals surface area contributed by atoms with Crippen molar-refractivity contribution in [3.63, 3.8) is 0 Å². The second-order valence-corrected chi connectivity index (χ2v) is 6.63. The lowest BCUT2D eigenvalue weighted by atomic mass is 10.1. The number of nitrogens with zero attached hydrogens (tertiary/aromatic N) is 3. The Morgan fingerprint density at radius 3 is 2.67 bits per heavy atom. The standard InChI is InChI=1S/C21H14N6/c1-2-4-16-13(3-1)9-19(24-16)14-5-7-18-21(10-14)26-27(25-18)15-6-8-17-20(11-15)23-12-22-17/h1-12H,(H2,22,23,24,26)/p+1. The van der Waals surface area contributed by atoms with E-state index >= 15 is 0 Å². The number of para-hydroxylation sites is 1. The van der Waals surface area contributed by atoms with Crippen molar-refractivity contribution in [1.29, 1.82) is 0 Å². The summed E-state index contributed by atoms with van der Waals surface area (Å²) in [4.78, 5) is 12.7. The molecule has 0 bridgehead atoms. The van der Waals surface area contributed by atoms with Gasteiger partial charge < -0.3 is 9.97 Å². The fourth-order valence-electron chi connectivity index (χ4n) is 3.53. The molecule has 0 aliphatic heterocycles. The highest BCUT2D eigenvalue weighted by Gasteiger charge is 2.15. The SMILES string of the molecule is c1ccc2[nH]c(-c3ccc4n[n+](-c5ccc6nc[nH]c6c5)[nH]c4c3)cc2c1. The van der Waals surface area contributed by atoms with E-state index in [0.717, 1.165) is 44.5 Å². The molecular weight excluding hydrogens is 336 g/mol. The highest BCUT2D eigenvalue weighted by atomic mass is 15.5. The minimum Gasteiger partial charge on any atom is -0.355 e. The largest absolute Gasteiger partial charge is 0.355 e. The number of hydrogen-bond donors (Lipinski definition) is 3. The molecule has 3 N–H and O–H groups in total. The van der Waals surface area contributed by atoms with Gasteiger partial charge in [-0.2, -0.15) is 0 Å². The van der Waals surface area contributed by atoms with E-state index in [1.54, 1.807) is 11.1 Å². The zero-order valence-corrected chi connectivity index (χ0v) is 14.3. The Kier molecular flexibility index (Phi) is 2.79. The first-order valence-corrected chi connectivity index (χ1v) is 8.77. The first-order chi connectivity index (χ1) is 13.3. The lowest BCUT2D eigenvalue weighted by molar-refractivity contribution is -0.710. The first kappa shape index (κ1) is 14.3. The molecule has 6 aromatic rings. The van der Waals surface area contributed by atoms with Crippen molar-refractivity contribution < 1.29 is 4.80 Å². The molecule has 0 unspecified atom stereocenters. The fraction of sp³-hybridized carbons (Fsp3) is 0. The normalized spacial score (nSPS) is 11.7. The minimum absolute atomic E-state index is 0.916. The van der Waals surface area contributed by atoms with Crippen LogP contribution in [0.3, 0.4) is 0 Å². The van der Waals surface area contributed by atoms with Crippen LogP contribution in [0.2, 0.25) is 0 Å². The molecule has 6 rings (SSSR count). The van der Waals surface area contributed by atoms with Crippen molar-refractivity contribution in [3.05, 3.63) is 73.1 Å². The lowest BCUT2D eigenvalue weighted by Gasteiger charge is -1.95. The molecule has 3 aromatic carbocycles. The minimum atomic E-state index is 0.916. The van der Waals surface area contributed by atoms with Gasteiger partial charge in [0.15, 0.2) is 5.52 Å². The van der Waals surface area contributed by atoms with Gasteiger partial charge >= 0.3 is 0 Å². The van der Waals surface area contributed by atoms with Crippen LogP contribution in [0.5, 0.6) is 0 Å².